The molecule has 4 aromatic rings. The van der Waals surface area contributed by atoms with Gasteiger partial charge in [0.05, 0.1) is 17.1 Å². The topological polar surface area (TPSA) is 94.3 Å². The number of aromatic nitrogens is 1. The fourth-order valence-corrected chi connectivity index (χ4v) is 3.45. The number of nitrogens with two attached hydrogens (primary N) is 1. The van der Waals surface area contributed by atoms with E-state index in [2.05, 4.69) is 10.3 Å². The molecule has 0 aliphatic carbocycles. The molecular formula is C28H25N3O3. The molecule has 1 amide bonds. The number of nitrogens with one attached hydrogen (secondary N) is 1. The molecule has 0 fully saturated rings. The van der Waals surface area contributed by atoms with Gasteiger partial charge in [0.2, 0.25) is 0 Å². The first-order valence-electron chi connectivity index (χ1n) is 11.0. The molecule has 3 N–H and O–H groups in total. The third kappa shape index (κ3) is 6.07. The molecule has 0 bridgehead atoms. The largest absolute Gasteiger partial charge is 0.459 e. The van der Waals surface area contributed by atoms with Gasteiger partial charge in [-0.05, 0) is 59.5 Å². The minimum absolute atomic E-state index is 0.160. The van der Waals surface area contributed by atoms with Crippen molar-refractivity contribution in [2.24, 2.45) is 0 Å². The molecule has 0 unspecified atom stereocenters. The molecule has 0 aliphatic rings. The second-order valence-corrected chi connectivity index (χ2v) is 7.80. The van der Waals surface area contributed by atoms with E-state index in [0.717, 1.165) is 16.7 Å². The van der Waals surface area contributed by atoms with Crippen molar-refractivity contribution in [3.63, 3.8) is 0 Å². The van der Waals surface area contributed by atoms with Gasteiger partial charge in [-0.25, -0.2) is 0 Å². The van der Waals surface area contributed by atoms with Crippen molar-refractivity contribution in [1.82, 2.24) is 4.98 Å². The number of carbonyl (C=O) groups is 2. The van der Waals surface area contributed by atoms with E-state index in [1.165, 1.54) is 0 Å². The lowest BCUT2D eigenvalue weighted by Crippen LogP contribution is -2.13. The number of ether oxygens (including phenoxy) is 1. The van der Waals surface area contributed by atoms with Crippen molar-refractivity contribution in [3.05, 3.63) is 114 Å². The Bertz CT molecular complexity index is 1260. The summed E-state index contributed by atoms with van der Waals surface area (Å²) in [5.41, 5.74) is 11.3. The maximum absolute atomic E-state index is 12.8. The van der Waals surface area contributed by atoms with Gasteiger partial charge >= 0.3 is 5.97 Å². The zero-order valence-electron chi connectivity index (χ0n) is 18.6. The average molecular weight is 452 g/mol. The van der Waals surface area contributed by atoms with Crippen LogP contribution in [0.1, 0.15) is 28.0 Å². The second kappa shape index (κ2) is 10.9. The predicted octanol–water partition coefficient (Wildman–Crippen LogP) is 5.26. The molecule has 0 saturated carbocycles. The Kier molecular flexibility index (Phi) is 7.30. The molecule has 4 rings (SSSR count). The van der Waals surface area contributed by atoms with Gasteiger partial charge < -0.3 is 15.8 Å². The van der Waals surface area contributed by atoms with Crippen LogP contribution >= 0.6 is 0 Å². The van der Waals surface area contributed by atoms with Crippen molar-refractivity contribution >= 4 is 23.3 Å². The van der Waals surface area contributed by atoms with Gasteiger partial charge in [-0.15, -0.1) is 0 Å². The highest BCUT2D eigenvalue weighted by molar-refractivity contribution is 6.06. The molecule has 0 atom stereocenters. The highest BCUT2D eigenvalue weighted by Crippen LogP contribution is 2.27. The molecule has 170 valence electrons. The van der Waals surface area contributed by atoms with E-state index in [9.17, 15) is 9.59 Å². The monoisotopic (exact) mass is 451 g/mol. The van der Waals surface area contributed by atoms with Gasteiger partial charge in [0.15, 0.2) is 0 Å². The van der Waals surface area contributed by atoms with Gasteiger partial charge in [0.25, 0.3) is 5.91 Å². The Hall–Kier alpha value is -4.45. The standard InChI is InChI=1S/C28H25N3O3/c29-25-15-14-23(21-6-2-1-3-7-21)18-26(25)31-28(33)22-12-9-20(10-13-22)11-16-27(32)34-19-24-8-4-5-17-30-24/h1-10,12-15,17-18H,11,16,19,29H2,(H,31,33). The van der Waals surface area contributed by atoms with Crippen molar-refractivity contribution in [3.8, 4) is 11.1 Å². The lowest BCUT2D eigenvalue weighted by Gasteiger charge is -2.11. The quantitative estimate of drug-likeness (QED) is 0.282. The van der Waals surface area contributed by atoms with Crippen molar-refractivity contribution in [2.45, 2.75) is 19.4 Å². The molecule has 3 aromatic carbocycles. The first-order chi connectivity index (χ1) is 16.6. The Balaban J connectivity index is 1.32. The number of amides is 1. The SMILES string of the molecule is Nc1ccc(-c2ccccc2)cc1NC(=O)c1ccc(CCC(=O)OCc2ccccn2)cc1. The minimum Gasteiger partial charge on any atom is -0.459 e. The lowest BCUT2D eigenvalue weighted by atomic mass is 10.0. The molecule has 0 aliphatic heterocycles. The van der Waals surface area contributed by atoms with E-state index in [1.54, 1.807) is 24.4 Å². The number of nitrogens with zero attached hydrogens (tertiary/aromatic N) is 1. The second-order valence-electron chi connectivity index (χ2n) is 7.80. The third-order valence-electron chi connectivity index (χ3n) is 5.35. The van der Waals surface area contributed by atoms with Crippen LogP contribution in [0.2, 0.25) is 0 Å². The zero-order valence-corrected chi connectivity index (χ0v) is 18.6. The lowest BCUT2D eigenvalue weighted by molar-refractivity contribution is -0.145. The Morgan fingerprint density at radius 3 is 2.35 bits per heavy atom. The minimum atomic E-state index is -0.291. The first-order valence-corrected chi connectivity index (χ1v) is 11.0. The van der Waals surface area contributed by atoms with E-state index in [-0.39, 0.29) is 24.9 Å². The van der Waals surface area contributed by atoms with Gasteiger partial charge in [0.1, 0.15) is 6.61 Å². The van der Waals surface area contributed by atoms with Crippen LogP contribution in [0.3, 0.4) is 0 Å². The maximum Gasteiger partial charge on any atom is 0.306 e. The summed E-state index contributed by atoms with van der Waals surface area (Å²) in [5, 5.41) is 2.89. The van der Waals surface area contributed by atoms with Crippen LogP contribution < -0.4 is 11.1 Å². The highest BCUT2D eigenvalue weighted by Gasteiger charge is 2.11. The number of anilines is 2. The number of carbonyl (C=O) groups excluding carboxylic acids is 2. The fraction of sp³-hybridized carbons (Fsp3) is 0.107. The number of hydrogen-bond donors (Lipinski definition) is 2. The maximum atomic E-state index is 12.8. The number of pyridine rings is 1. The molecule has 6 nitrogen and oxygen atoms in total. The third-order valence-corrected chi connectivity index (χ3v) is 5.35. The van der Waals surface area contributed by atoms with Crippen LogP contribution in [0, 0.1) is 0 Å². The molecule has 0 saturated heterocycles. The normalized spacial score (nSPS) is 10.5. The summed E-state index contributed by atoms with van der Waals surface area (Å²) < 4.78 is 5.25. The summed E-state index contributed by atoms with van der Waals surface area (Å²) >= 11 is 0. The number of hydrogen-bond acceptors (Lipinski definition) is 5. The van der Waals surface area contributed by atoms with Crippen LogP contribution in [0.5, 0.6) is 0 Å². The van der Waals surface area contributed by atoms with Crippen molar-refractivity contribution < 1.29 is 14.3 Å². The summed E-state index contributed by atoms with van der Waals surface area (Å²) in [6.07, 6.45) is 2.44. The van der Waals surface area contributed by atoms with Gasteiger partial charge in [-0.1, -0.05) is 54.6 Å². The number of rotatable bonds is 8. The van der Waals surface area contributed by atoms with E-state index < -0.39 is 0 Å². The van der Waals surface area contributed by atoms with Crippen molar-refractivity contribution in [2.75, 3.05) is 11.1 Å². The molecule has 0 radical (unpaired) electrons. The number of esters is 1. The average Bonchev–Trinajstić information content (AvgIpc) is 2.89. The summed E-state index contributed by atoms with van der Waals surface area (Å²) in [5.74, 6) is -0.542. The van der Waals surface area contributed by atoms with Gasteiger partial charge in [-0.3, -0.25) is 14.6 Å². The summed E-state index contributed by atoms with van der Waals surface area (Å²) in [4.78, 5) is 28.9. The van der Waals surface area contributed by atoms with E-state index in [0.29, 0.717) is 29.1 Å². The number of aryl methyl sites for hydroxylation is 1. The van der Waals surface area contributed by atoms with Crippen LogP contribution in [-0.4, -0.2) is 16.9 Å². The molecule has 34 heavy (non-hydrogen) atoms. The number of nitrogen functional groups attached to an aromatic ring is 1. The van der Waals surface area contributed by atoms with Crippen LogP contribution in [0.15, 0.2) is 97.2 Å². The Morgan fingerprint density at radius 2 is 1.62 bits per heavy atom. The zero-order chi connectivity index (χ0) is 23.8. The van der Waals surface area contributed by atoms with Crippen LogP contribution in [-0.2, 0) is 22.6 Å². The van der Waals surface area contributed by atoms with E-state index in [4.69, 9.17) is 10.5 Å². The highest BCUT2D eigenvalue weighted by atomic mass is 16.5. The fourth-order valence-electron chi connectivity index (χ4n) is 3.45. The van der Waals surface area contributed by atoms with E-state index >= 15 is 0 Å². The molecule has 1 aromatic heterocycles. The number of benzene rings is 3. The molecule has 0 spiro atoms. The summed E-state index contributed by atoms with van der Waals surface area (Å²) in [6, 6.07) is 28.1. The summed E-state index contributed by atoms with van der Waals surface area (Å²) in [6.45, 7) is 0.160. The van der Waals surface area contributed by atoms with E-state index in [1.807, 2.05) is 72.8 Å². The Labute approximate surface area is 198 Å². The molecule has 1 heterocycles. The Morgan fingerprint density at radius 1 is 0.853 bits per heavy atom. The van der Waals surface area contributed by atoms with Gasteiger partial charge in [-0.2, -0.15) is 0 Å². The van der Waals surface area contributed by atoms with Crippen molar-refractivity contribution in [1.29, 1.82) is 0 Å². The summed E-state index contributed by atoms with van der Waals surface area (Å²) in [7, 11) is 0. The predicted molar refractivity (Wildman–Crippen MR) is 133 cm³/mol. The van der Waals surface area contributed by atoms with Gasteiger partial charge in [0, 0.05) is 18.2 Å². The van der Waals surface area contributed by atoms with Crippen LogP contribution in [0.4, 0.5) is 11.4 Å². The molecule has 6 heteroatoms. The first kappa shape index (κ1) is 22.7. The smallest absolute Gasteiger partial charge is 0.306 e. The molecular weight excluding hydrogens is 426 g/mol. The van der Waals surface area contributed by atoms with Crippen LogP contribution in [0.25, 0.3) is 11.1 Å².